The van der Waals surface area contributed by atoms with Crippen LogP contribution in [0, 0.1) is 5.92 Å². The zero-order valence-corrected chi connectivity index (χ0v) is 7.95. The summed E-state index contributed by atoms with van der Waals surface area (Å²) in [5.41, 5.74) is 6.28. The largest absolute Gasteiger partial charge is 0.478 e. The molecule has 0 saturated heterocycles. The van der Waals surface area contributed by atoms with E-state index in [0.29, 0.717) is 12.0 Å². The molecule has 3 unspecified atom stereocenters. The van der Waals surface area contributed by atoms with Crippen molar-refractivity contribution < 1.29 is 9.90 Å². The van der Waals surface area contributed by atoms with Crippen molar-refractivity contribution in [3.05, 3.63) is 11.6 Å². The summed E-state index contributed by atoms with van der Waals surface area (Å²) in [5.74, 6) is -0.670. The van der Waals surface area contributed by atoms with Crippen LogP contribution in [0.2, 0.25) is 0 Å². The van der Waals surface area contributed by atoms with Gasteiger partial charge in [-0.25, -0.2) is 4.79 Å². The molecule has 4 nitrogen and oxygen atoms in total. The summed E-state index contributed by atoms with van der Waals surface area (Å²) in [5, 5.41) is 11.9. The van der Waals surface area contributed by atoms with Gasteiger partial charge in [0.2, 0.25) is 0 Å². The van der Waals surface area contributed by atoms with E-state index in [9.17, 15) is 4.79 Å². The van der Waals surface area contributed by atoms with Crippen LogP contribution in [0.1, 0.15) is 13.3 Å². The predicted octanol–water partition coefficient (Wildman–Crippen LogP) is -0.0475. The standard InChI is InChI=1S/C9H16N2O2/c1-5-3-6(9(12)13)4-7(10)8(5)11-2/h3,5,7-8,11H,4,10H2,1-2H3,(H,12,13). The molecule has 0 radical (unpaired) electrons. The van der Waals surface area contributed by atoms with Gasteiger partial charge in [-0.15, -0.1) is 0 Å². The second kappa shape index (κ2) is 3.89. The van der Waals surface area contributed by atoms with Crippen LogP contribution in [0.3, 0.4) is 0 Å². The molecule has 4 N–H and O–H groups in total. The summed E-state index contributed by atoms with van der Waals surface area (Å²) in [6.45, 7) is 1.98. The van der Waals surface area contributed by atoms with Crippen LogP contribution in [0.4, 0.5) is 0 Å². The minimum absolute atomic E-state index is 0.101. The van der Waals surface area contributed by atoms with Crippen molar-refractivity contribution in [3.63, 3.8) is 0 Å². The monoisotopic (exact) mass is 184 g/mol. The average molecular weight is 184 g/mol. The van der Waals surface area contributed by atoms with Gasteiger partial charge in [-0.3, -0.25) is 0 Å². The van der Waals surface area contributed by atoms with Gasteiger partial charge in [0.1, 0.15) is 0 Å². The smallest absolute Gasteiger partial charge is 0.331 e. The molecular formula is C9H16N2O2. The van der Waals surface area contributed by atoms with Gasteiger partial charge in [0.25, 0.3) is 0 Å². The Morgan fingerprint density at radius 3 is 2.77 bits per heavy atom. The molecule has 1 rings (SSSR count). The maximum absolute atomic E-state index is 10.7. The SMILES string of the molecule is CNC1C(C)C=C(C(=O)O)CC1N. The van der Waals surface area contributed by atoms with E-state index in [1.54, 1.807) is 6.08 Å². The normalized spacial score (nSPS) is 34.1. The molecule has 0 bridgehead atoms. The van der Waals surface area contributed by atoms with Crippen LogP contribution in [0.25, 0.3) is 0 Å². The van der Waals surface area contributed by atoms with E-state index >= 15 is 0 Å². The first kappa shape index (κ1) is 10.2. The highest BCUT2D eigenvalue weighted by Gasteiger charge is 2.29. The van der Waals surface area contributed by atoms with Gasteiger partial charge in [-0.2, -0.15) is 0 Å². The van der Waals surface area contributed by atoms with Crippen LogP contribution >= 0.6 is 0 Å². The minimum atomic E-state index is -0.850. The summed E-state index contributed by atoms with van der Waals surface area (Å²) in [4.78, 5) is 10.7. The molecule has 0 fully saturated rings. The Hall–Kier alpha value is -0.870. The molecule has 0 aliphatic heterocycles. The predicted molar refractivity (Wildman–Crippen MR) is 50.3 cm³/mol. The molecule has 1 aliphatic carbocycles. The molecular weight excluding hydrogens is 168 g/mol. The van der Waals surface area contributed by atoms with Crippen molar-refractivity contribution in [2.24, 2.45) is 11.7 Å². The van der Waals surface area contributed by atoms with Crippen molar-refractivity contribution >= 4 is 5.97 Å². The molecule has 0 aromatic heterocycles. The quantitative estimate of drug-likeness (QED) is 0.562. The van der Waals surface area contributed by atoms with E-state index in [2.05, 4.69) is 5.32 Å². The number of hydrogen-bond acceptors (Lipinski definition) is 3. The fraction of sp³-hybridized carbons (Fsp3) is 0.667. The molecule has 4 heteroatoms. The first-order chi connectivity index (χ1) is 6.06. The van der Waals surface area contributed by atoms with Crippen molar-refractivity contribution in [3.8, 4) is 0 Å². The Morgan fingerprint density at radius 2 is 2.38 bits per heavy atom. The maximum Gasteiger partial charge on any atom is 0.331 e. The average Bonchev–Trinajstić information content (AvgIpc) is 2.03. The van der Waals surface area contributed by atoms with Crippen molar-refractivity contribution in [1.29, 1.82) is 0 Å². The van der Waals surface area contributed by atoms with E-state index in [4.69, 9.17) is 10.8 Å². The second-order valence-corrected chi connectivity index (χ2v) is 3.54. The number of aliphatic carboxylic acids is 1. The number of nitrogens with two attached hydrogens (primary N) is 1. The fourth-order valence-electron chi connectivity index (χ4n) is 1.90. The van der Waals surface area contributed by atoms with Crippen molar-refractivity contribution in [2.75, 3.05) is 7.05 Å². The number of rotatable bonds is 2. The van der Waals surface area contributed by atoms with Crippen molar-refractivity contribution in [1.82, 2.24) is 5.32 Å². The number of hydrogen-bond donors (Lipinski definition) is 3. The lowest BCUT2D eigenvalue weighted by Gasteiger charge is -2.32. The van der Waals surface area contributed by atoms with Crippen molar-refractivity contribution in [2.45, 2.75) is 25.4 Å². The summed E-state index contributed by atoms with van der Waals surface area (Å²) in [6.07, 6.45) is 2.23. The fourth-order valence-corrected chi connectivity index (χ4v) is 1.90. The third-order valence-electron chi connectivity index (χ3n) is 2.56. The number of nitrogens with one attached hydrogen (secondary N) is 1. The highest BCUT2D eigenvalue weighted by Crippen LogP contribution is 2.22. The first-order valence-electron chi connectivity index (χ1n) is 4.43. The Balaban J connectivity index is 2.81. The van der Waals surface area contributed by atoms with Gasteiger partial charge in [-0.05, 0) is 19.4 Å². The van der Waals surface area contributed by atoms with Crippen LogP contribution in [0.15, 0.2) is 11.6 Å². The molecule has 13 heavy (non-hydrogen) atoms. The molecule has 0 spiro atoms. The Kier molecular flexibility index (Phi) is 3.06. The maximum atomic E-state index is 10.7. The van der Waals surface area contributed by atoms with Crippen LogP contribution in [-0.2, 0) is 4.79 Å². The Morgan fingerprint density at radius 1 is 1.77 bits per heavy atom. The molecule has 0 amide bonds. The zero-order valence-electron chi connectivity index (χ0n) is 7.95. The summed E-state index contributed by atoms with van der Waals surface area (Å²) in [6, 6.07) is 0.0826. The lowest BCUT2D eigenvalue weighted by Crippen LogP contribution is -2.49. The number of carbonyl (C=O) groups is 1. The highest BCUT2D eigenvalue weighted by molar-refractivity contribution is 5.87. The van der Waals surface area contributed by atoms with Crippen LogP contribution < -0.4 is 11.1 Å². The van der Waals surface area contributed by atoms with Crippen LogP contribution in [0.5, 0.6) is 0 Å². The zero-order chi connectivity index (χ0) is 10.0. The summed E-state index contributed by atoms with van der Waals surface area (Å²) < 4.78 is 0. The molecule has 0 saturated carbocycles. The highest BCUT2D eigenvalue weighted by atomic mass is 16.4. The minimum Gasteiger partial charge on any atom is -0.478 e. The van der Waals surface area contributed by atoms with Gasteiger partial charge >= 0.3 is 5.97 Å². The summed E-state index contributed by atoms with van der Waals surface area (Å²) in [7, 11) is 1.85. The Labute approximate surface area is 77.8 Å². The molecule has 1 aliphatic rings. The number of carboxylic acids is 1. The van der Waals surface area contributed by atoms with Gasteiger partial charge in [0.05, 0.1) is 0 Å². The lowest BCUT2D eigenvalue weighted by atomic mass is 9.84. The molecule has 0 aromatic rings. The summed E-state index contributed by atoms with van der Waals surface area (Å²) >= 11 is 0. The lowest BCUT2D eigenvalue weighted by molar-refractivity contribution is -0.133. The topological polar surface area (TPSA) is 75.3 Å². The van der Waals surface area contributed by atoms with Gasteiger partial charge < -0.3 is 16.2 Å². The number of carboxylic acid groups (broad SMARTS) is 1. The third kappa shape index (κ3) is 2.08. The molecule has 0 aromatic carbocycles. The van der Waals surface area contributed by atoms with Crippen LogP contribution in [-0.4, -0.2) is 30.2 Å². The third-order valence-corrected chi connectivity index (χ3v) is 2.56. The van der Waals surface area contributed by atoms with E-state index in [1.807, 2.05) is 14.0 Å². The van der Waals surface area contributed by atoms with E-state index in [0.717, 1.165) is 0 Å². The molecule has 0 heterocycles. The van der Waals surface area contributed by atoms with Gasteiger partial charge in [0.15, 0.2) is 0 Å². The van der Waals surface area contributed by atoms with E-state index in [1.165, 1.54) is 0 Å². The van der Waals surface area contributed by atoms with E-state index < -0.39 is 5.97 Å². The molecule has 3 atom stereocenters. The van der Waals surface area contributed by atoms with Gasteiger partial charge in [0, 0.05) is 17.7 Å². The van der Waals surface area contributed by atoms with Gasteiger partial charge in [-0.1, -0.05) is 13.0 Å². The Bertz CT molecular complexity index is 238. The second-order valence-electron chi connectivity index (χ2n) is 3.54. The first-order valence-corrected chi connectivity index (χ1v) is 4.43. The van der Waals surface area contributed by atoms with E-state index in [-0.39, 0.29) is 18.0 Å². The number of likely N-dealkylation sites (N-methyl/N-ethyl adjacent to an activating group) is 1. The molecule has 74 valence electrons.